The first-order valence-corrected chi connectivity index (χ1v) is 6.43. The minimum Gasteiger partial charge on any atom is -0.375 e. The SMILES string of the molecule is NNc1snnc1COCCc1cccs1. The summed E-state index contributed by atoms with van der Waals surface area (Å²) in [6.45, 7) is 1.13. The normalized spacial score (nSPS) is 10.6. The standard InChI is InChI=1S/C9H12N4OS2/c10-11-9-8(12-13-16-9)6-14-4-3-7-2-1-5-15-7/h1-2,5,11H,3-4,6,10H2. The molecule has 0 bridgehead atoms. The summed E-state index contributed by atoms with van der Waals surface area (Å²) in [6.07, 6.45) is 0.931. The molecule has 0 aliphatic rings. The van der Waals surface area contributed by atoms with E-state index in [-0.39, 0.29) is 0 Å². The molecule has 5 nitrogen and oxygen atoms in total. The lowest BCUT2D eigenvalue weighted by Gasteiger charge is -2.02. The number of ether oxygens (including phenoxy) is 1. The molecule has 2 aromatic heterocycles. The Hall–Kier alpha value is -1.02. The molecular formula is C9H12N4OS2. The van der Waals surface area contributed by atoms with Gasteiger partial charge < -0.3 is 10.2 Å². The predicted octanol–water partition coefficient (Wildman–Crippen LogP) is 1.64. The molecule has 0 amide bonds. The predicted molar refractivity (Wildman–Crippen MR) is 65.4 cm³/mol. The van der Waals surface area contributed by atoms with E-state index in [0.717, 1.165) is 17.1 Å². The lowest BCUT2D eigenvalue weighted by molar-refractivity contribution is 0.122. The second-order valence-electron chi connectivity index (χ2n) is 3.08. The quantitative estimate of drug-likeness (QED) is 0.467. The summed E-state index contributed by atoms with van der Waals surface area (Å²) < 4.78 is 9.30. The molecule has 0 spiro atoms. The summed E-state index contributed by atoms with van der Waals surface area (Å²) in [4.78, 5) is 1.33. The van der Waals surface area contributed by atoms with Gasteiger partial charge in [-0.15, -0.1) is 16.4 Å². The molecule has 0 aliphatic heterocycles. The monoisotopic (exact) mass is 256 g/mol. The number of nitrogens with two attached hydrogens (primary N) is 1. The second kappa shape index (κ2) is 5.90. The Morgan fingerprint density at radius 1 is 1.50 bits per heavy atom. The third-order valence-corrected chi connectivity index (χ3v) is 3.63. The molecule has 2 aromatic rings. The van der Waals surface area contributed by atoms with Gasteiger partial charge in [0.05, 0.1) is 13.2 Å². The molecule has 2 rings (SSSR count). The van der Waals surface area contributed by atoms with Crippen LogP contribution in [0.25, 0.3) is 0 Å². The largest absolute Gasteiger partial charge is 0.375 e. The third-order valence-electron chi connectivity index (χ3n) is 2.00. The van der Waals surface area contributed by atoms with Gasteiger partial charge in [-0.05, 0) is 11.4 Å². The number of anilines is 1. The smallest absolute Gasteiger partial charge is 0.149 e. The first-order chi connectivity index (χ1) is 7.90. The van der Waals surface area contributed by atoms with Crippen molar-refractivity contribution in [1.29, 1.82) is 0 Å². The zero-order valence-electron chi connectivity index (χ0n) is 8.55. The highest BCUT2D eigenvalue weighted by Gasteiger charge is 2.06. The molecule has 0 radical (unpaired) electrons. The maximum atomic E-state index is 5.51. The fourth-order valence-electron chi connectivity index (χ4n) is 1.21. The number of nitrogens with zero attached hydrogens (tertiary/aromatic N) is 2. The van der Waals surface area contributed by atoms with E-state index in [2.05, 4.69) is 26.5 Å². The molecule has 7 heteroatoms. The first-order valence-electron chi connectivity index (χ1n) is 4.78. The van der Waals surface area contributed by atoms with Crippen LogP contribution in [0.5, 0.6) is 0 Å². The number of nitrogens with one attached hydrogen (secondary N) is 1. The van der Waals surface area contributed by atoms with E-state index in [1.165, 1.54) is 16.4 Å². The van der Waals surface area contributed by atoms with Gasteiger partial charge in [0.25, 0.3) is 0 Å². The van der Waals surface area contributed by atoms with Crippen LogP contribution in [-0.2, 0) is 17.8 Å². The number of rotatable bonds is 6. The highest BCUT2D eigenvalue weighted by atomic mass is 32.1. The number of thiophene rings is 1. The minimum atomic E-state index is 0.446. The van der Waals surface area contributed by atoms with E-state index in [1.54, 1.807) is 11.3 Å². The number of aromatic nitrogens is 2. The van der Waals surface area contributed by atoms with Crippen molar-refractivity contribution < 1.29 is 4.74 Å². The zero-order valence-corrected chi connectivity index (χ0v) is 10.2. The molecule has 3 N–H and O–H groups in total. The lowest BCUT2D eigenvalue weighted by atomic mass is 10.4. The van der Waals surface area contributed by atoms with Crippen molar-refractivity contribution in [3.05, 3.63) is 28.1 Å². The number of hydrogen-bond acceptors (Lipinski definition) is 7. The van der Waals surface area contributed by atoms with Crippen LogP contribution in [0.4, 0.5) is 5.00 Å². The minimum absolute atomic E-state index is 0.446. The Kier molecular flexibility index (Phi) is 4.23. The van der Waals surface area contributed by atoms with Gasteiger partial charge in [-0.2, -0.15) is 0 Å². The van der Waals surface area contributed by atoms with E-state index >= 15 is 0 Å². The van der Waals surface area contributed by atoms with Crippen LogP contribution in [0.3, 0.4) is 0 Å². The van der Waals surface area contributed by atoms with Gasteiger partial charge in [-0.25, -0.2) is 5.84 Å². The van der Waals surface area contributed by atoms with E-state index < -0.39 is 0 Å². The number of hydrogen-bond donors (Lipinski definition) is 2. The van der Waals surface area contributed by atoms with E-state index in [9.17, 15) is 0 Å². The van der Waals surface area contributed by atoms with Crippen molar-refractivity contribution in [3.8, 4) is 0 Å². The van der Waals surface area contributed by atoms with Crippen molar-refractivity contribution in [2.45, 2.75) is 13.0 Å². The third kappa shape index (κ3) is 2.99. The van der Waals surface area contributed by atoms with Crippen molar-refractivity contribution >= 4 is 27.9 Å². The van der Waals surface area contributed by atoms with Crippen LogP contribution in [0.15, 0.2) is 17.5 Å². The highest BCUT2D eigenvalue weighted by Crippen LogP contribution is 2.16. The van der Waals surface area contributed by atoms with E-state index in [1.807, 2.05) is 6.07 Å². The fourth-order valence-corrected chi connectivity index (χ4v) is 2.38. The summed E-state index contributed by atoms with van der Waals surface area (Å²) in [5.74, 6) is 5.30. The summed E-state index contributed by atoms with van der Waals surface area (Å²) in [5, 5.41) is 6.75. The van der Waals surface area contributed by atoms with Crippen LogP contribution in [0.1, 0.15) is 10.6 Å². The lowest BCUT2D eigenvalue weighted by Crippen LogP contribution is -2.08. The Balaban J connectivity index is 1.72. The Bertz CT molecular complexity index is 415. The molecule has 86 valence electrons. The molecule has 0 saturated heterocycles. The molecule has 2 heterocycles. The van der Waals surface area contributed by atoms with Crippen LogP contribution < -0.4 is 11.3 Å². The molecular weight excluding hydrogens is 244 g/mol. The van der Waals surface area contributed by atoms with E-state index in [0.29, 0.717) is 13.2 Å². The van der Waals surface area contributed by atoms with Crippen molar-refractivity contribution in [1.82, 2.24) is 9.59 Å². The van der Waals surface area contributed by atoms with Gasteiger partial charge in [-0.1, -0.05) is 10.6 Å². The maximum absolute atomic E-state index is 5.51. The van der Waals surface area contributed by atoms with Crippen LogP contribution >= 0.6 is 22.9 Å². The number of hydrazine groups is 1. The van der Waals surface area contributed by atoms with Crippen LogP contribution in [-0.4, -0.2) is 16.2 Å². The second-order valence-corrected chi connectivity index (χ2v) is 4.86. The maximum Gasteiger partial charge on any atom is 0.149 e. The molecule has 0 saturated carbocycles. The summed E-state index contributed by atoms with van der Waals surface area (Å²) in [5.41, 5.74) is 3.31. The highest BCUT2D eigenvalue weighted by molar-refractivity contribution is 7.10. The van der Waals surface area contributed by atoms with Gasteiger partial charge in [0.2, 0.25) is 0 Å². The van der Waals surface area contributed by atoms with Gasteiger partial charge in [0.1, 0.15) is 10.7 Å². The topological polar surface area (TPSA) is 73.1 Å². The summed E-state index contributed by atoms with van der Waals surface area (Å²) in [6, 6.07) is 4.14. The Morgan fingerprint density at radius 3 is 3.19 bits per heavy atom. The average Bonchev–Trinajstić information content (AvgIpc) is 2.95. The van der Waals surface area contributed by atoms with Gasteiger partial charge >= 0.3 is 0 Å². The van der Waals surface area contributed by atoms with Gasteiger partial charge in [-0.3, -0.25) is 0 Å². The van der Waals surface area contributed by atoms with Gasteiger partial charge in [0.15, 0.2) is 0 Å². The first kappa shape index (κ1) is 11.5. The summed E-state index contributed by atoms with van der Waals surface area (Å²) >= 11 is 2.97. The zero-order chi connectivity index (χ0) is 11.2. The number of nitrogen functional groups attached to an aromatic ring is 1. The molecule has 0 unspecified atom stereocenters. The molecule has 16 heavy (non-hydrogen) atoms. The Morgan fingerprint density at radius 2 is 2.44 bits per heavy atom. The summed E-state index contributed by atoms with van der Waals surface area (Å²) in [7, 11) is 0. The van der Waals surface area contributed by atoms with Crippen molar-refractivity contribution in [3.63, 3.8) is 0 Å². The van der Waals surface area contributed by atoms with E-state index in [4.69, 9.17) is 10.6 Å². The molecule has 0 fully saturated rings. The Labute approximate surface area is 101 Å². The molecule has 0 aliphatic carbocycles. The van der Waals surface area contributed by atoms with Crippen molar-refractivity contribution in [2.75, 3.05) is 12.0 Å². The van der Waals surface area contributed by atoms with Crippen LogP contribution in [0, 0.1) is 0 Å². The molecule has 0 atom stereocenters. The van der Waals surface area contributed by atoms with Crippen LogP contribution in [0.2, 0.25) is 0 Å². The van der Waals surface area contributed by atoms with Gasteiger partial charge in [0, 0.05) is 22.8 Å². The molecule has 0 aromatic carbocycles. The average molecular weight is 256 g/mol. The van der Waals surface area contributed by atoms with Crippen molar-refractivity contribution in [2.24, 2.45) is 5.84 Å². The fraction of sp³-hybridized carbons (Fsp3) is 0.333.